The molecule has 0 fully saturated rings. The van der Waals surface area contributed by atoms with Gasteiger partial charge >= 0.3 is 5.97 Å². The van der Waals surface area contributed by atoms with Crippen LogP contribution in [0.25, 0.3) is 0 Å². The van der Waals surface area contributed by atoms with Crippen molar-refractivity contribution in [2.75, 3.05) is 6.56 Å². The topological polar surface area (TPSA) is 52.3 Å². The molecule has 0 saturated heterocycles. The van der Waals surface area contributed by atoms with Crippen LogP contribution in [-0.4, -0.2) is 18.6 Å². The van der Waals surface area contributed by atoms with Gasteiger partial charge in [0.2, 0.25) is 0 Å². The Bertz CT molecular complexity index is 475. The Labute approximate surface area is 95.1 Å². The van der Waals surface area contributed by atoms with Gasteiger partial charge in [-0.15, -0.1) is 0 Å². The summed E-state index contributed by atoms with van der Waals surface area (Å²) in [6, 6.07) is 3.98. The van der Waals surface area contributed by atoms with E-state index in [0.29, 0.717) is 5.56 Å². The van der Waals surface area contributed by atoms with Gasteiger partial charge in [-0.3, -0.25) is 4.79 Å². The van der Waals surface area contributed by atoms with E-state index in [4.69, 9.17) is 12.6 Å². The second kappa shape index (κ2) is 5.46. The molecular formula is C11H14FNO2. The minimum atomic E-state index is -3.11. The number of halogens is 1. The highest BCUT2D eigenvalue weighted by Gasteiger charge is 2.14. The maximum absolute atomic E-state index is 12.7. The van der Waals surface area contributed by atoms with E-state index in [9.17, 15) is 9.18 Å². The molecule has 2 N–H and O–H groups in total. The van der Waals surface area contributed by atoms with Gasteiger partial charge in [0.05, 0.1) is 9.30 Å². The Morgan fingerprint density at radius 1 is 1.67 bits per heavy atom. The molecule has 15 heavy (non-hydrogen) atoms. The van der Waals surface area contributed by atoms with Crippen LogP contribution < -0.4 is 5.73 Å². The minimum Gasteiger partial charge on any atom is -0.465 e. The number of carbonyl (C=O) groups excluding carboxylic acids is 1. The van der Waals surface area contributed by atoms with Crippen molar-refractivity contribution in [3.63, 3.8) is 0 Å². The molecule has 0 aromatic heterocycles. The van der Waals surface area contributed by atoms with Crippen LogP contribution in [0.1, 0.15) is 19.3 Å². The van der Waals surface area contributed by atoms with Crippen molar-refractivity contribution in [2.24, 2.45) is 5.73 Å². The lowest BCUT2D eigenvalue weighted by atomic mass is 10.1. The van der Waals surface area contributed by atoms with Crippen molar-refractivity contribution in [1.29, 1.82) is 0 Å². The fourth-order valence-electron chi connectivity index (χ4n) is 1.08. The van der Waals surface area contributed by atoms with E-state index in [-0.39, 0.29) is 6.42 Å². The smallest absolute Gasteiger partial charge is 0.323 e. The van der Waals surface area contributed by atoms with Crippen molar-refractivity contribution in [3.05, 3.63) is 35.6 Å². The first-order valence-electron chi connectivity index (χ1n) is 6.76. The quantitative estimate of drug-likeness (QED) is 0.771. The second-order valence-corrected chi connectivity index (χ2v) is 2.96. The largest absolute Gasteiger partial charge is 0.465 e. The number of carbonyl (C=O) groups is 1. The molecule has 0 spiro atoms. The first-order chi connectivity index (χ1) is 9.03. The van der Waals surface area contributed by atoms with Crippen molar-refractivity contribution in [3.8, 4) is 0 Å². The monoisotopic (exact) mass is 216 g/mol. The van der Waals surface area contributed by atoms with E-state index in [1.54, 1.807) is 0 Å². The summed E-state index contributed by atoms with van der Waals surface area (Å²) in [4.78, 5) is 11.6. The van der Waals surface area contributed by atoms with Gasteiger partial charge in [0.1, 0.15) is 11.9 Å². The van der Waals surface area contributed by atoms with E-state index >= 15 is 0 Å². The first-order valence-corrected chi connectivity index (χ1v) is 4.26. The Balaban J connectivity index is 2.66. The van der Waals surface area contributed by atoms with Crippen molar-refractivity contribution < 1.29 is 20.8 Å². The summed E-state index contributed by atoms with van der Waals surface area (Å²) in [7, 11) is 0. The number of esters is 1. The lowest BCUT2D eigenvalue weighted by Crippen LogP contribution is -2.34. The zero-order valence-corrected chi connectivity index (χ0v) is 7.87. The molecule has 1 atom stereocenters. The highest BCUT2D eigenvalue weighted by molar-refractivity contribution is 5.75. The average Bonchev–Trinajstić information content (AvgIpc) is 2.30. The van der Waals surface area contributed by atoms with Crippen LogP contribution >= 0.6 is 0 Å². The van der Waals surface area contributed by atoms with E-state index in [1.807, 2.05) is 0 Å². The van der Waals surface area contributed by atoms with Gasteiger partial charge in [-0.1, -0.05) is 12.1 Å². The second-order valence-electron chi connectivity index (χ2n) is 2.96. The highest BCUT2D eigenvalue weighted by Crippen LogP contribution is 2.05. The molecule has 0 unspecified atom stereocenters. The van der Waals surface area contributed by atoms with Crippen LogP contribution in [0.15, 0.2) is 24.3 Å². The molecule has 0 aliphatic carbocycles. The summed E-state index contributed by atoms with van der Waals surface area (Å²) in [6.45, 7) is -6.21. The molecule has 0 aliphatic rings. The summed E-state index contributed by atoms with van der Waals surface area (Å²) in [5, 5.41) is 0. The lowest BCUT2D eigenvalue weighted by Gasteiger charge is -2.10. The zero-order chi connectivity index (χ0) is 15.6. The van der Waals surface area contributed by atoms with Crippen molar-refractivity contribution in [1.82, 2.24) is 0 Å². The fraction of sp³-hybridized carbons (Fsp3) is 0.364. The van der Waals surface area contributed by atoms with Gasteiger partial charge in [-0.05, 0) is 31.0 Å². The first kappa shape index (κ1) is 6.23. The van der Waals surface area contributed by atoms with E-state index < -0.39 is 31.2 Å². The molecule has 4 heteroatoms. The molecular weight excluding hydrogens is 197 g/mol. The molecule has 0 aliphatic heterocycles. The minimum absolute atomic E-state index is 0.0177. The third-order valence-corrected chi connectivity index (χ3v) is 1.82. The predicted octanol–water partition coefficient (Wildman–Crippen LogP) is 1.26. The Kier molecular flexibility index (Phi) is 2.27. The molecule has 0 radical (unpaired) electrons. The Morgan fingerprint density at radius 2 is 2.33 bits per heavy atom. The van der Waals surface area contributed by atoms with E-state index in [0.717, 1.165) is 0 Å². The number of rotatable bonds is 4. The predicted molar refractivity (Wildman–Crippen MR) is 54.7 cm³/mol. The number of benzene rings is 1. The molecule has 0 bridgehead atoms. The summed E-state index contributed by atoms with van der Waals surface area (Å²) >= 11 is 0. The SMILES string of the molecule is [2H]C([2H])([2H])C([2H])([2H])OC(=O)[C@@H](N)Cc1ccc(F)cc1. The van der Waals surface area contributed by atoms with Gasteiger partial charge in [0.25, 0.3) is 0 Å². The van der Waals surface area contributed by atoms with Gasteiger partial charge in [0, 0.05) is 4.11 Å². The lowest BCUT2D eigenvalue weighted by molar-refractivity contribution is -0.144. The average molecular weight is 216 g/mol. The van der Waals surface area contributed by atoms with Crippen LogP contribution in [0.3, 0.4) is 0 Å². The summed E-state index contributed by atoms with van der Waals surface area (Å²) in [6.07, 6.45) is -0.0177. The van der Waals surface area contributed by atoms with Gasteiger partial charge < -0.3 is 10.5 Å². The van der Waals surface area contributed by atoms with Gasteiger partial charge in [0.15, 0.2) is 0 Å². The van der Waals surface area contributed by atoms with E-state index in [2.05, 4.69) is 4.74 Å². The summed E-state index contributed by atoms with van der Waals surface area (Å²) in [5.41, 5.74) is 6.07. The number of hydrogen-bond acceptors (Lipinski definition) is 3. The fourth-order valence-corrected chi connectivity index (χ4v) is 1.08. The van der Waals surface area contributed by atoms with E-state index in [1.165, 1.54) is 24.3 Å². The van der Waals surface area contributed by atoms with Crippen LogP contribution in [0.5, 0.6) is 0 Å². The number of ether oxygens (including phenoxy) is 1. The molecule has 1 aromatic carbocycles. The Hall–Kier alpha value is -1.42. The zero-order valence-electron chi connectivity index (χ0n) is 12.9. The number of hydrogen-bond donors (Lipinski definition) is 1. The molecule has 1 aromatic rings. The van der Waals surface area contributed by atoms with Gasteiger partial charge in [-0.2, -0.15) is 0 Å². The third kappa shape index (κ3) is 3.67. The molecule has 0 heterocycles. The molecule has 1 rings (SSSR count). The maximum atomic E-state index is 12.7. The van der Waals surface area contributed by atoms with Crippen LogP contribution in [-0.2, 0) is 16.0 Å². The molecule has 82 valence electrons. The normalized spacial score (nSPS) is 18.9. The maximum Gasteiger partial charge on any atom is 0.323 e. The van der Waals surface area contributed by atoms with Crippen molar-refractivity contribution >= 4 is 5.97 Å². The molecule has 3 nitrogen and oxygen atoms in total. The third-order valence-electron chi connectivity index (χ3n) is 1.82. The standard InChI is InChI=1S/C11H14FNO2/c1-2-15-11(14)10(13)7-8-3-5-9(12)6-4-8/h3-6,10H,2,7,13H2,1H3/t10-/m0/s1/i1D3,2D2. The summed E-state index contributed by atoms with van der Waals surface area (Å²) in [5.74, 6) is -1.61. The molecule has 0 amide bonds. The Morgan fingerprint density at radius 3 is 2.93 bits per heavy atom. The summed E-state index contributed by atoms with van der Waals surface area (Å²) < 4.78 is 52.1. The number of nitrogens with two attached hydrogens (primary N) is 1. The highest BCUT2D eigenvalue weighted by atomic mass is 19.1. The molecule has 0 saturated carbocycles. The van der Waals surface area contributed by atoms with Crippen LogP contribution in [0, 0.1) is 5.82 Å². The van der Waals surface area contributed by atoms with Gasteiger partial charge in [-0.25, -0.2) is 4.39 Å². The van der Waals surface area contributed by atoms with Crippen molar-refractivity contribution in [2.45, 2.75) is 19.3 Å². The van der Waals surface area contributed by atoms with Crippen LogP contribution in [0.4, 0.5) is 4.39 Å². The van der Waals surface area contributed by atoms with Crippen LogP contribution in [0.2, 0.25) is 0 Å².